The lowest BCUT2D eigenvalue weighted by Gasteiger charge is -2.21. The van der Waals surface area contributed by atoms with Gasteiger partial charge in [0.1, 0.15) is 0 Å². The van der Waals surface area contributed by atoms with Crippen molar-refractivity contribution in [2.45, 2.75) is 39.7 Å². The molecule has 0 unspecified atom stereocenters. The van der Waals surface area contributed by atoms with E-state index in [1.807, 2.05) is 6.20 Å². The molecule has 1 aromatic heterocycles. The lowest BCUT2D eigenvalue weighted by atomic mass is 10.1. The number of fused-ring (bicyclic) bond motifs is 2. The molecule has 3 rings (SSSR count). The number of benzene rings is 2. The summed E-state index contributed by atoms with van der Waals surface area (Å²) >= 11 is 0. The average molecular weight is 335 g/mol. The number of pyridine rings is 1. The van der Waals surface area contributed by atoms with Crippen LogP contribution in [-0.2, 0) is 0 Å². The van der Waals surface area contributed by atoms with Crippen molar-refractivity contribution < 1.29 is 0 Å². The van der Waals surface area contributed by atoms with Crippen LogP contribution in [0.3, 0.4) is 0 Å². The maximum atomic E-state index is 4.56. The van der Waals surface area contributed by atoms with Crippen molar-refractivity contribution in [2.75, 3.05) is 25.0 Å². The third kappa shape index (κ3) is 4.29. The molecule has 3 aromatic rings. The van der Waals surface area contributed by atoms with E-state index in [1.165, 1.54) is 41.2 Å². The molecular formula is C22H29N3. The molecule has 1 heterocycles. The Kier molecular flexibility index (Phi) is 5.87. The SMILES string of the molecule is CCN(CC)CCC[C@@H](C)Nc1ccnc2cc3ccccc3cc12. The third-order valence-electron chi connectivity index (χ3n) is 5.02. The summed E-state index contributed by atoms with van der Waals surface area (Å²) in [6.45, 7) is 10.2. The Labute approximate surface area is 151 Å². The fraction of sp³-hybridized carbons (Fsp3) is 0.409. The molecule has 0 spiro atoms. The molecule has 0 radical (unpaired) electrons. The van der Waals surface area contributed by atoms with Gasteiger partial charge >= 0.3 is 0 Å². The minimum absolute atomic E-state index is 0.452. The molecular weight excluding hydrogens is 306 g/mol. The van der Waals surface area contributed by atoms with Crippen molar-refractivity contribution in [3.8, 4) is 0 Å². The lowest BCUT2D eigenvalue weighted by Crippen LogP contribution is -2.25. The quantitative estimate of drug-likeness (QED) is 0.565. The number of nitrogens with zero attached hydrogens (tertiary/aromatic N) is 2. The predicted octanol–water partition coefficient (Wildman–Crippen LogP) is 5.31. The zero-order valence-corrected chi connectivity index (χ0v) is 15.6. The maximum Gasteiger partial charge on any atom is 0.0729 e. The molecule has 0 aliphatic heterocycles. The number of rotatable bonds is 8. The highest BCUT2D eigenvalue weighted by Crippen LogP contribution is 2.27. The molecule has 1 atom stereocenters. The topological polar surface area (TPSA) is 28.2 Å². The summed E-state index contributed by atoms with van der Waals surface area (Å²) in [5.41, 5.74) is 2.24. The van der Waals surface area contributed by atoms with E-state index in [0.29, 0.717) is 6.04 Å². The lowest BCUT2D eigenvalue weighted by molar-refractivity contribution is 0.295. The Balaban J connectivity index is 1.73. The third-order valence-corrected chi connectivity index (χ3v) is 5.02. The monoisotopic (exact) mass is 335 g/mol. The van der Waals surface area contributed by atoms with Crippen LogP contribution >= 0.6 is 0 Å². The first-order valence-corrected chi connectivity index (χ1v) is 9.47. The molecule has 2 aromatic carbocycles. The van der Waals surface area contributed by atoms with Gasteiger partial charge in [0.25, 0.3) is 0 Å². The van der Waals surface area contributed by atoms with E-state index in [0.717, 1.165) is 18.6 Å². The van der Waals surface area contributed by atoms with Gasteiger partial charge in [0.15, 0.2) is 0 Å². The van der Waals surface area contributed by atoms with Crippen molar-refractivity contribution in [3.05, 3.63) is 48.7 Å². The van der Waals surface area contributed by atoms with Crippen LogP contribution < -0.4 is 5.32 Å². The Morgan fingerprint density at radius 1 is 1.04 bits per heavy atom. The van der Waals surface area contributed by atoms with Crippen molar-refractivity contribution in [2.24, 2.45) is 0 Å². The fourth-order valence-electron chi connectivity index (χ4n) is 3.46. The first kappa shape index (κ1) is 17.7. The highest BCUT2D eigenvalue weighted by molar-refractivity contribution is 6.01. The van der Waals surface area contributed by atoms with Crippen LogP contribution in [0.25, 0.3) is 21.7 Å². The van der Waals surface area contributed by atoms with Crippen molar-refractivity contribution >= 4 is 27.4 Å². The van der Waals surface area contributed by atoms with Gasteiger partial charge in [-0.25, -0.2) is 0 Å². The van der Waals surface area contributed by atoms with Crippen molar-refractivity contribution in [1.29, 1.82) is 0 Å². The molecule has 25 heavy (non-hydrogen) atoms. The van der Waals surface area contributed by atoms with E-state index in [2.05, 4.69) is 78.4 Å². The first-order chi connectivity index (χ1) is 12.2. The van der Waals surface area contributed by atoms with Gasteiger partial charge in [-0.1, -0.05) is 38.1 Å². The molecule has 0 bridgehead atoms. The summed E-state index contributed by atoms with van der Waals surface area (Å²) in [5.74, 6) is 0. The number of hydrogen-bond donors (Lipinski definition) is 1. The second kappa shape index (κ2) is 8.30. The summed E-state index contributed by atoms with van der Waals surface area (Å²) in [5, 5.41) is 7.41. The van der Waals surface area contributed by atoms with Gasteiger partial charge in [0.05, 0.1) is 5.52 Å². The number of anilines is 1. The van der Waals surface area contributed by atoms with Crippen molar-refractivity contribution in [1.82, 2.24) is 9.88 Å². The zero-order chi connectivity index (χ0) is 17.6. The van der Waals surface area contributed by atoms with Gasteiger partial charge in [0, 0.05) is 23.3 Å². The minimum atomic E-state index is 0.452. The zero-order valence-electron chi connectivity index (χ0n) is 15.6. The van der Waals surface area contributed by atoms with Gasteiger partial charge < -0.3 is 10.2 Å². The Morgan fingerprint density at radius 3 is 2.48 bits per heavy atom. The van der Waals surface area contributed by atoms with E-state index in [-0.39, 0.29) is 0 Å². The Morgan fingerprint density at radius 2 is 1.76 bits per heavy atom. The molecule has 0 saturated heterocycles. The number of hydrogen-bond acceptors (Lipinski definition) is 3. The highest BCUT2D eigenvalue weighted by Gasteiger charge is 2.08. The van der Waals surface area contributed by atoms with E-state index >= 15 is 0 Å². The van der Waals surface area contributed by atoms with E-state index in [9.17, 15) is 0 Å². The molecule has 0 aliphatic rings. The molecule has 1 N–H and O–H groups in total. The smallest absolute Gasteiger partial charge is 0.0729 e. The fourth-order valence-corrected chi connectivity index (χ4v) is 3.46. The summed E-state index contributed by atoms with van der Waals surface area (Å²) in [7, 11) is 0. The molecule has 0 saturated carbocycles. The standard InChI is InChI=1S/C22H29N3/c1-4-25(5-2)14-8-9-17(3)24-21-12-13-23-22-16-19-11-7-6-10-18(19)15-20(21)22/h6-7,10-13,15-17H,4-5,8-9,14H2,1-3H3,(H,23,24)/t17-/m1/s1. The second-order valence-corrected chi connectivity index (χ2v) is 6.79. The Hall–Kier alpha value is -2.13. The molecule has 3 nitrogen and oxygen atoms in total. The van der Waals surface area contributed by atoms with E-state index in [1.54, 1.807) is 0 Å². The van der Waals surface area contributed by atoms with Gasteiger partial charge in [-0.3, -0.25) is 4.98 Å². The first-order valence-electron chi connectivity index (χ1n) is 9.47. The number of nitrogens with one attached hydrogen (secondary N) is 1. The van der Waals surface area contributed by atoms with Gasteiger partial charge in [-0.15, -0.1) is 0 Å². The predicted molar refractivity (Wildman–Crippen MR) is 109 cm³/mol. The molecule has 3 heteroatoms. The van der Waals surface area contributed by atoms with Crippen LogP contribution in [0, 0.1) is 0 Å². The Bertz CT molecular complexity index is 824. The average Bonchev–Trinajstić information content (AvgIpc) is 2.64. The van der Waals surface area contributed by atoms with Crippen molar-refractivity contribution in [3.63, 3.8) is 0 Å². The van der Waals surface area contributed by atoms with Gasteiger partial charge in [0.2, 0.25) is 0 Å². The van der Waals surface area contributed by atoms with E-state index < -0.39 is 0 Å². The molecule has 0 amide bonds. The molecule has 132 valence electrons. The molecule has 0 aliphatic carbocycles. The summed E-state index contributed by atoms with van der Waals surface area (Å²) in [6, 6.07) is 15.5. The second-order valence-electron chi connectivity index (χ2n) is 6.79. The minimum Gasteiger partial charge on any atom is -0.382 e. The van der Waals surface area contributed by atoms with Crippen LogP contribution in [0.1, 0.15) is 33.6 Å². The van der Waals surface area contributed by atoms with Gasteiger partial charge in [-0.05, 0) is 68.4 Å². The van der Waals surface area contributed by atoms with Crippen LogP contribution in [0.2, 0.25) is 0 Å². The summed E-state index contributed by atoms with van der Waals surface area (Å²) in [6.07, 6.45) is 4.30. The summed E-state index contributed by atoms with van der Waals surface area (Å²) in [4.78, 5) is 7.05. The normalized spacial score (nSPS) is 12.8. The van der Waals surface area contributed by atoms with Crippen LogP contribution in [0.5, 0.6) is 0 Å². The van der Waals surface area contributed by atoms with Gasteiger partial charge in [-0.2, -0.15) is 0 Å². The van der Waals surface area contributed by atoms with Crippen LogP contribution in [0.15, 0.2) is 48.7 Å². The van der Waals surface area contributed by atoms with E-state index in [4.69, 9.17) is 0 Å². The largest absolute Gasteiger partial charge is 0.382 e. The molecule has 0 fully saturated rings. The number of aromatic nitrogens is 1. The summed E-state index contributed by atoms with van der Waals surface area (Å²) < 4.78 is 0. The van der Waals surface area contributed by atoms with Crippen LogP contribution in [-0.4, -0.2) is 35.6 Å². The van der Waals surface area contributed by atoms with Crippen LogP contribution in [0.4, 0.5) is 5.69 Å². The maximum absolute atomic E-state index is 4.56. The highest BCUT2D eigenvalue weighted by atomic mass is 15.1.